The van der Waals surface area contributed by atoms with Gasteiger partial charge in [-0.3, -0.25) is 24.6 Å². The Morgan fingerprint density at radius 1 is 1.14 bits per heavy atom. The van der Waals surface area contributed by atoms with E-state index in [4.69, 9.17) is 9.47 Å². The fourth-order valence-electron chi connectivity index (χ4n) is 3.48. The molecule has 1 saturated heterocycles. The van der Waals surface area contributed by atoms with Crippen molar-refractivity contribution in [2.45, 2.75) is 13.2 Å². The number of imide groups is 1. The van der Waals surface area contributed by atoms with Crippen LogP contribution in [0.15, 0.2) is 70.0 Å². The summed E-state index contributed by atoms with van der Waals surface area (Å²) in [6.07, 6.45) is 1.54. The molecule has 1 fully saturated rings. The summed E-state index contributed by atoms with van der Waals surface area (Å²) in [4.78, 5) is 37.4. The molecule has 2 amide bonds. The molecule has 0 radical (unpaired) electrons. The Labute approximate surface area is 218 Å². The topological polar surface area (TPSA) is 99.0 Å². The number of nitro benzene ring substituents is 1. The maximum absolute atomic E-state index is 13.1. The number of hydrogen-bond acceptors (Lipinski definition) is 7. The summed E-state index contributed by atoms with van der Waals surface area (Å²) < 4.78 is 25.0. The minimum absolute atomic E-state index is 0.162. The van der Waals surface area contributed by atoms with E-state index in [-0.39, 0.29) is 35.1 Å². The Balaban J connectivity index is 1.54. The molecule has 0 atom stereocenters. The number of halogens is 2. The molecule has 0 bridgehead atoms. The summed E-state index contributed by atoms with van der Waals surface area (Å²) in [7, 11) is 1.47. The number of methoxy groups -OCH3 is 1. The molecule has 3 aromatic carbocycles. The number of thioether (sulfide) groups is 1. The lowest BCUT2D eigenvalue weighted by Crippen LogP contribution is -2.27. The summed E-state index contributed by atoms with van der Waals surface area (Å²) in [5, 5.41) is 10.8. The lowest BCUT2D eigenvalue weighted by molar-refractivity contribution is -0.385. The standard InChI is InChI=1S/C25H18BrFN2O6S/c1-34-21-11-16(10-19(26)23(21)35-14-15-6-8-18(27)9-7-15)12-22-24(30)28(25(31)36-22)13-17-4-2-3-5-20(17)29(32)33/h2-12H,13-14H2,1H3/b22-12-. The molecule has 0 unspecified atom stereocenters. The van der Waals surface area contributed by atoms with Gasteiger partial charge < -0.3 is 9.47 Å². The van der Waals surface area contributed by atoms with E-state index in [1.54, 1.807) is 36.4 Å². The molecule has 1 aliphatic rings. The van der Waals surface area contributed by atoms with Gasteiger partial charge in [0.25, 0.3) is 16.8 Å². The lowest BCUT2D eigenvalue weighted by Gasteiger charge is -2.14. The van der Waals surface area contributed by atoms with Crippen LogP contribution < -0.4 is 9.47 Å². The van der Waals surface area contributed by atoms with Crippen LogP contribution in [0.3, 0.4) is 0 Å². The van der Waals surface area contributed by atoms with Crippen LogP contribution in [0.5, 0.6) is 11.5 Å². The third kappa shape index (κ3) is 5.58. The van der Waals surface area contributed by atoms with Crippen LogP contribution in [0.25, 0.3) is 6.08 Å². The molecule has 0 aromatic heterocycles. The van der Waals surface area contributed by atoms with Crippen LogP contribution in [-0.4, -0.2) is 28.1 Å². The van der Waals surface area contributed by atoms with E-state index in [0.29, 0.717) is 21.5 Å². The quantitative estimate of drug-likeness (QED) is 0.177. The van der Waals surface area contributed by atoms with E-state index < -0.39 is 16.1 Å². The van der Waals surface area contributed by atoms with Gasteiger partial charge in [0.15, 0.2) is 11.5 Å². The SMILES string of the molecule is COc1cc(/C=C2\SC(=O)N(Cc3ccccc3[N+](=O)[O-])C2=O)cc(Br)c1OCc1ccc(F)cc1. The maximum atomic E-state index is 13.1. The summed E-state index contributed by atoms with van der Waals surface area (Å²) in [5.41, 5.74) is 1.44. The predicted octanol–water partition coefficient (Wildman–Crippen LogP) is 6.32. The molecule has 0 N–H and O–H groups in total. The van der Waals surface area contributed by atoms with Gasteiger partial charge in [0.1, 0.15) is 12.4 Å². The molecule has 184 valence electrons. The highest BCUT2D eigenvalue weighted by atomic mass is 79.9. The number of amides is 2. The highest BCUT2D eigenvalue weighted by Crippen LogP contribution is 2.40. The number of para-hydroxylation sites is 1. The molecular formula is C25H18BrFN2O6S. The second-order valence-electron chi connectivity index (χ2n) is 7.60. The number of benzene rings is 3. The zero-order valence-electron chi connectivity index (χ0n) is 18.8. The Morgan fingerprint density at radius 2 is 1.86 bits per heavy atom. The molecular weight excluding hydrogens is 555 g/mol. The van der Waals surface area contributed by atoms with E-state index >= 15 is 0 Å². The third-order valence-electron chi connectivity index (χ3n) is 5.24. The molecule has 1 aliphatic heterocycles. The number of carbonyl (C=O) groups is 2. The lowest BCUT2D eigenvalue weighted by atomic mass is 10.1. The molecule has 0 spiro atoms. The van der Waals surface area contributed by atoms with Crippen LogP contribution in [0.1, 0.15) is 16.7 Å². The Kier molecular flexibility index (Phi) is 7.70. The summed E-state index contributed by atoms with van der Waals surface area (Å²) in [6, 6.07) is 15.3. The molecule has 0 aliphatic carbocycles. The van der Waals surface area contributed by atoms with Crippen molar-refractivity contribution in [1.29, 1.82) is 0 Å². The molecule has 0 saturated carbocycles. The first-order valence-corrected chi connectivity index (χ1v) is 12.1. The zero-order chi connectivity index (χ0) is 25.8. The Morgan fingerprint density at radius 3 is 2.56 bits per heavy atom. The van der Waals surface area contributed by atoms with Crippen LogP contribution in [0, 0.1) is 15.9 Å². The van der Waals surface area contributed by atoms with Gasteiger partial charge in [-0.15, -0.1) is 0 Å². The fraction of sp³-hybridized carbons (Fsp3) is 0.120. The minimum Gasteiger partial charge on any atom is -0.493 e. The van der Waals surface area contributed by atoms with Gasteiger partial charge in [-0.1, -0.05) is 30.3 Å². The number of nitrogens with zero attached hydrogens (tertiary/aromatic N) is 2. The number of ether oxygens (including phenoxy) is 2. The van der Waals surface area contributed by atoms with Gasteiger partial charge in [0.2, 0.25) is 0 Å². The van der Waals surface area contributed by atoms with Crippen LogP contribution in [0.2, 0.25) is 0 Å². The first-order valence-electron chi connectivity index (χ1n) is 10.5. The summed E-state index contributed by atoms with van der Waals surface area (Å²) in [5.74, 6) is -0.0801. The number of rotatable bonds is 8. The van der Waals surface area contributed by atoms with E-state index in [1.807, 2.05) is 0 Å². The Hall–Kier alpha value is -3.70. The van der Waals surface area contributed by atoms with Crippen molar-refractivity contribution in [3.63, 3.8) is 0 Å². The van der Waals surface area contributed by atoms with Crippen molar-refractivity contribution >= 4 is 50.6 Å². The molecule has 3 aromatic rings. The number of carbonyl (C=O) groups excluding carboxylic acids is 2. The number of nitro groups is 1. The van der Waals surface area contributed by atoms with Crippen LogP contribution >= 0.6 is 27.7 Å². The molecule has 8 nitrogen and oxygen atoms in total. The van der Waals surface area contributed by atoms with Gasteiger partial charge >= 0.3 is 0 Å². The molecule has 36 heavy (non-hydrogen) atoms. The van der Waals surface area contributed by atoms with E-state index in [1.165, 1.54) is 37.4 Å². The predicted molar refractivity (Wildman–Crippen MR) is 136 cm³/mol. The third-order valence-corrected chi connectivity index (χ3v) is 6.73. The second-order valence-corrected chi connectivity index (χ2v) is 9.45. The monoisotopic (exact) mass is 572 g/mol. The molecule has 11 heteroatoms. The maximum Gasteiger partial charge on any atom is 0.293 e. The number of hydrogen-bond donors (Lipinski definition) is 0. The fourth-order valence-corrected chi connectivity index (χ4v) is 4.89. The van der Waals surface area contributed by atoms with E-state index in [9.17, 15) is 24.1 Å². The zero-order valence-corrected chi connectivity index (χ0v) is 21.2. The first kappa shape index (κ1) is 25.4. The van der Waals surface area contributed by atoms with Crippen LogP contribution in [-0.2, 0) is 17.9 Å². The van der Waals surface area contributed by atoms with Gasteiger partial charge in [-0.05, 0) is 69.2 Å². The average Bonchev–Trinajstić information content (AvgIpc) is 3.11. The van der Waals surface area contributed by atoms with Gasteiger partial charge in [0, 0.05) is 11.6 Å². The highest BCUT2D eigenvalue weighted by Gasteiger charge is 2.36. The van der Waals surface area contributed by atoms with E-state index in [2.05, 4.69) is 15.9 Å². The minimum atomic E-state index is -0.548. The van der Waals surface area contributed by atoms with Crippen molar-refractivity contribution in [2.75, 3.05) is 7.11 Å². The van der Waals surface area contributed by atoms with Crippen molar-refractivity contribution in [3.8, 4) is 11.5 Å². The second kappa shape index (κ2) is 10.9. The van der Waals surface area contributed by atoms with Gasteiger partial charge in [0.05, 0.1) is 28.0 Å². The van der Waals surface area contributed by atoms with Crippen LogP contribution in [0.4, 0.5) is 14.9 Å². The first-order chi connectivity index (χ1) is 17.3. The van der Waals surface area contributed by atoms with E-state index in [0.717, 1.165) is 22.2 Å². The molecule has 1 heterocycles. The largest absolute Gasteiger partial charge is 0.493 e. The van der Waals surface area contributed by atoms with Crippen molar-refractivity contribution in [3.05, 3.63) is 103 Å². The summed E-state index contributed by atoms with van der Waals surface area (Å²) >= 11 is 4.20. The smallest absolute Gasteiger partial charge is 0.293 e. The normalized spacial score (nSPS) is 14.4. The van der Waals surface area contributed by atoms with Gasteiger partial charge in [-0.2, -0.15) is 0 Å². The van der Waals surface area contributed by atoms with Gasteiger partial charge in [-0.25, -0.2) is 4.39 Å². The van der Waals surface area contributed by atoms with Crippen molar-refractivity contribution in [2.24, 2.45) is 0 Å². The van der Waals surface area contributed by atoms with Crippen molar-refractivity contribution in [1.82, 2.24) is 4.90 Å². The van der Waals surface area contributed by atoms with Crippen molar-refractivity contribution < 1.29 is 28.4 Å². The molecule has 4 rings (SSSR count). The summed E-state index contributed by atoms with van der Waals surface area (Å²) in [6.45, 7) is -0.0264. The average molecular weight is 573 g/mol. The Bertz CT molecular complexity index is 1380. The highest BCUT2D eigenvalue weighted by molar-refractivity contribution is 9.10.